The zero-order valence-electron chi connectivity index (χ0n) is 20.2. The molecule has 1 aliphatic carbocycles. The van der Waals surface area contributed by atoms with Crippen LogP contribution < -0.4 is 15.4 Å². The summed E-state index contributed by atoms with van der Waals surface area (Å²) in [5.74, 6) is -0.835. The van der Waals surface area contributed by atoms with Crippen LogP contribution in [-0.4, -0.2) is 42.5 Å². The number of para-hydroxylation sites is 1. The van der Waals surface area contributed by atoms with E-state index in [2.05, 4.69) is 10.6 Å². The van der Waals surface area contributed by atoms with Crippen molar-refractivity contribution in [3.05, 3.63) is 82.2 Å². The molecular formula is C28H28N2O6. The molecule has 0 unspecified atom stereocenters. The van der Waals surface area contributed by atoms with Crippen LogP contribution in [0.4, 0.5) is 0 Å². The van der Waals surface area contributed by atoms with Crippen molar-refractivity contribution < 1.29 is 29.0 Å². The number of aromatic hydroxyl groups is 1. The molecule has 8 nitrogen and oxygen atoms in total. The maximum Gasteiger partial charge on any atom is 0.337 e. The lowest BCUT2D eigenvalue weighted by molar-refractivity contribution is -0.144. The maximum atomic E-state index is 13.7. The largest absolute Gasteiger partial charge is 0.508 e. The number of amides is 1. The molecule has 36 heavy (non-hydrogen) atoms. The quantitative estimate of drug-likeness (QED) is 0.554. The van der Waals surface area contributed by atoms with E-state index in [1.165, 1.54) is 0 Å². The number of benzene rings is 2. The molecule has 0 spiro atoms. The fourth-order valence-electron chi connectivity index (χ4n) is 5.45. The number of carbonyl (C=O) groups is 3. The Hall–Kier alpha value is -4.07. The van der Waals surface area contributed by atoms with Crippen molar-refractivity contribution in [2.45, 2.75) is 44.1 Å². The topological polar surface area (TPSA) is 114 Å². The Labute approximate surface area is 209 Å². The average molecular weight is 489 g/mol. The van der Waals surface area contributed by atoms with Gasteiger partial charge in [0.15, 0.2) is 5.78 Å². The highest BCUT2D eigenvalue weighted by Gasteiger charge is 2.42. The number of allylic oxidation sites excluding steroid dienone is 3. The summed E-state index contributed by atoms with van der Waals surface area (Å²) in [5.41, 5.74) is 3.73. The minimum atomic E-state index is -0.697. The number of carbonyl (C=O) groups excluding carboxylic acids is 3. The molecular weight excluding hydrogens is 460 g/mol. The Balaban J connectivity index is 1.54. The Kier molecular flexibility index (Phi) is 6.26. The van der Waals surface area contributed by atoms with Crippen molar-refractivity contribution in [3.63, 3.8) is 0 Å². The maximum absolute atomic E-state index is 13.7. The molecule has 3 aliphatic rings. The summed E-state index contributed by atoms with van der Waals surface area (Å²) in [6.07, 6.45) is 0.369. The van der Waals surface area contributed by atoms with Crippen molar-refractivity contribution >= 4 is 17.7 Å². The smallest absolute Gasteiger partial charge is 0.337 e. The molecule has 1 fully saturated rings. The molecule has 0 radical (unpaired) electrons. The van der Waals surface area contributed by atoms with Crippen LogP contribution in [0.15, 0.2) is 71.1 Å². The number of nitrogens with one attached hydrogen (secondary N) is 2. The van der Waals surface area contributed by atoms with Crippen molar-refractivity contribution in [1.29, 1.82) is 0 Å². The van der Waals surface area contributed by atoms with E-state index in [1.54, 1.807) is 38.3 Å². The van der Waals surface area contributed by atoms with Gasteiger partial charge >= 0.3 is 5.97 Å². The van der Waals surface area contributed by atoms with Crippen LogP contribution in [0.3, 0.4) is 0 Å². The molecule has 2 aromatic carbocycles. The number of methoxy groups -OCH3 is 1. The van der Waals surface area contributed by atoms with Crippen LogP contribution in [0, 0.1) is 0 Å². The van der Waals surface area contributed by atoms with Crippen LogP contribution in [0.1, 0.15) is 49.1 Å². The molecule has 3 N–H and O–H groups in total. The number of phenolic OH excluding ortho intramolecular Hbond substituents is 1. The van der Waals surface area contributed by atoms with Crippen LogP contribution in [-0.2, 0) is 19.1 Å². The Morgan fingerprint density at radius 2 is 1.86 bits per heavy atom. The average Bonchev–Trinajstić information content (AvgIpc) is 3.27. The number of hydrogen-bond acceptors (Lipinski definition) is 7. The number of ketones is 1. The first-order valence-corrected chi connectivity index (χ1v) is 12.0. The molecule has 0 bridgehead atoms. The second kappa shape index (κ2) is 9.53. The predicted molar refractivity (Wildman–Crippen MR) is 131 cm³/mol. The van der Waals surface area contributed by atoms with Gasteiger partial charge in [-0.05, 0) is 42.7 Å². The second-order valence-electron chi connectivity index (χ2n) is 9.39. The fourth-order valence-corrected chi connectivity index (χ4v) is 5.45. The summed E-state index contributed by atoms with van der Waals surface area (Å²) < 4.78 is 11.2. The fraction of sp³-hybridized carbons (Fsp3) is 0.321. The van der Waals surface area contributed by atoms with E-state index in [0.717, 1.165) is 17.0 Å². The zero-order valence-corrected chi connectivity index (χ0v) is 20.2. The Morgan fingerprint density at radius 1 is 1.06 bits per heavy atom. The molecule has 5 rings (SSSR count). The third-order valence-corrected chi connectivity index (χ3v) is 7.04. The molecule has 0 aromatic heterocycles. The van der Waals surface area contributed by atoms with E-state index >= 15 is 0 Å². The van der Waals surface area contributed by atoms with Crippen LogP contribution >= 0.6 is 0 Å². The molecule has 0 saturated carbocycles. The van der Waals surface area contributed by atoms with Crippen molar-refractivity contribution in [2.24, 2.45) is 0 Å². The van der Waals surface area contributed by atoms with Crippen LogP contribution in [0.25, 0.3) is 0 Å². The van der Waals surface area contributed by atoms with Gasteiger partial charge in [0.1, 0.15) is 17.6 Å². The van der Waals surface area contributed by atoms with Gasteiger partial charge in [-0.25, -0.2) is 4.79 Å². The number of phenols is 1. The number of esters is 1. The number of dihydropyridines is 1. The Bertz CT molecular complexity index is 1310. The lowest BCUT2D eigenvalue weighted by Gasteiger charge is -2.37. The molecule has 1 saturated heterocycles. The third kappa shape index (κ3) is 4.34. The molecule has 2 aliphatic heterocycles. The standard InChI is InChI=1S/C28H28N2O6/c1-15-25(28(34)36-19-13-24(33)29-14-19)26(16-6-5-7-18(31)10-16)27-21(30-15)11-17(12-22(27)32)20-8-3-4-9-23(20)35-2/h3-10,17,19,26,30-31H,11-14H2,1-2H3,(H,29,33)/t17-,19-,26-/m1/s1. The Morgan fingerprint density at radius 3 is 2.58 bits per heavy atom. The zero-order chi connectivity index (χ0) is 25.4. The highest BCUT2D eigenvalue weighted by molar-refractivity contribution is 6.04. The van der Waals surface area contributed by atoms with Gasteiger partial charge < -0.3 is 25.2 Å². The summed E-state index contributed by atoms with van der Waals surface area (Å²) in [5, 5.41) is 16.2. The van der Waals surface area contributed by atoms with Crippen molar-refractivity contribution in [3.8, 4) is 11.5 Å². The molecule has 2 heterocycles. The lowest BCUT2D eigenvalue weighted by Crippen LogP contribution is -2.37. The summed E-state index contributed by atoms with van der Waals surface area (Å²) in [7, 11) is 1.61. The molecule has 1 amide bonds. The van der Waals surface area contributed by atoms with Crippen LogP contribution in [0.5, 0.6) is 11.5 Å². The molecule has 2 aromatic rings. The van der Waals surface area contributed by atoms with Gasteiger partial charge in [-0.3, -0.25) is 9.59 Å². The van der Waals surface area contributed by atoms with Gasteiger partial charge in [0, 0.05) is 35.2 Å². The highest BCUT2D eigenvalue weighted by Crippen LogP contribution is 2.47. The lowest BCUT2D eigenvalue weighted by atomic mass is 9.71. The number of hydrogen-bond donors (Lipinski definition) is 3. The van der Waals surface area contributed by atoms with Crippen LogP contribution in [0.2, 0.25) is 0 Å². The first kappa shape index (κ1) is 23.7. The van der Waals surface area contributed by atoms with Gasteiger partial charge in [0.25, 0.3) is 0 Å². The van der Waals surface area contributed by atoms with Gasteiger partial charge in [0.2, 0.25) is 5.91 Å². The van der Waals surface area contributed by atoms with Gasteiger partial charge in [-0.2, -0.15) is 0 Å². The van der Waals surface area contributed by atoms with E-state index in [0.29, 0.717) is 28.8 Å². The molecule has 3 atom stereocenters. The SMILES string of the molecule is COc1ccccc1[C@H]1CC(=O)C2=C(C1)NC(C)=C(C(=O)O[C@H]1CNC(=O)C1)[C@H]2c1cccc(O)c1. The monoisotopic (exact) mass is 488 g/mol. The van der Waals surface area contributed by atoms with Crippen molar-refractivity contribution in [1.82, 2.24) is 10.6 Å². The number of ether oxygens (including phenoxy) is 2. The van der Waals surface area contributed by atoms with E-state index < -0.39 is 18.0 Å². The second-order valence-corrected chi connectivity index (χ2v) is 9.39. The van der Waals surface area contributed by atoms with E-state index in [-0.39, 0.29) is 42.7 Å². The minimum Gasteiger partial charge on any atom is -0.508 e. The van der Waals surface area contributed by atoms with Crippen molar-refractivity contribution in [2.75, 3.05) is 13.7 Å². The summed E-state index contributed by atoms with van der Waals surface area (Å²) in [6.45, 7) is 2.04. The van der Waals surface area contributed by atoms with Gasteiger partial charge in [0.05, 0.1) is 25.6 Å². The van der Waals surface area contributed by atoms with E-state index in [9.17, 15) is 19.5 Å². The third-order valence-electron chi connectivity index (χ3n) is 7.04. The van der Waals surface area contributed by atoms with E-state index in [1.807, 2.05) is 24.3 Å². The first-order valence-electron chi connectivity index (χ1n) is 12.0. The highest BCUT2D eigenvalue weighted by atomic mass is 16.5. The summed E-state index contributed by atoms with van der Waals surface area (Å²) >= 11 is 0. The van der Waals surface area contributed by atoms with E-state index in [4.69, 9.17) is 9.47 Å². The summed E-state index contributed by atoms with van der Waals surface area (Å²) in [4.78, 5) is 38.7. The number of Topliss-reactive ketones (excluding diaryl/α,β-unsaturated/α-hetero) is 1. The molecule has 186 valence electrons. The first-order chi connectivity index (χ1) is 17.4. The van der Waals surface area contributed by atoms with Gasteiger partial charge in [-0.1, -0.05) is 30.3 Å². The predicted octanol–water partition coefficient (Wildman–Crippen LogP) is 3.19. The summed E-state index contributed by atoms with van der Waals surface area (Å²) in [6, 6.07) is 14.3. The number of rotatable bonds is 5. The van der Waals surface area contributed by atoms with Gasteiger partial charge in [-0.15, -0.1) is 0 Å². The molecule has 8 heteroatoms. The minimum absolute atomic E-state index is 0.0410. The normalized spacial score (nSPS) is 23.7.